The van der Waals surface area contributed by atoms with E-state index >= 15 is 0 Å². The van der Waals surface area contributed by atoms with Crippen molar-refractivity contribution in [1.29, 1.82) is 0 Å². The average molecular weight is 460 g/mol. The van der Waals surface area contributed by atoms with E-state index in [1.807, 2.05) is 10.6 Å². The molecule has 0 saturated heterocycles. The lowest BCUT2D eigenvalue weighted by Gasteiger charge is -2.36. The van der Waals surface area contributed by atoms with Gasteiger partial charge >= 0.3 is 0 Å². The Balaban J connectivity index is 1.40. The molecule has 3 aliphatic rings. The lowest BCUT2D eigenvalue weighted by Crippen LogP contribution is -2.36. The van der Waals surface area contributed by atoms with E-state index in [0.717, 1.165) is 12.8 Å². The first-order chi connectivity index (χ1) is 16.5. The second kappa shape index (κ2) is 7.98. The quantitative estimate of drug-likeness (QED) is 0.467. The summed E-state index contributed by atoms with van der Waals surface area (Å²) in [5, 5.41) is 11.1. The molecule has 8 nitrogen and oxygen atoms in total. The van der Waals surface area contributed by atoms with Crippen LogP contribution in [0.15, 0.2) is 61.1 Å². The van der Waals surface area contributed by atoms with Gasteiger partial charge in [0.1, 0.15) is 35.4 Å². The number of carbonyl (C=O) groups excluding carboxylic acids is 1. The van der Waals surface area contributed by atoms with E-state index in [-0.39, 0.29) is 17.8 Å². The van der Waals surface area contributed by atoms with Crippen molar-refractivity contribution in [3.63, 3.8) is 0 Å². The van der Waals surface area contributed by atoms with Gasteiger partial charge in [-0.05, 0) is 35.9 Å². The van der Waals surface area contributed by atoms with Crippen LogP contribution in [-0.2, 0) is 0 Å². The van der Waals surface area contributed by atoms with Crippen molar-refractivity contribution in [2.75, 3.05) is 5.32 Å². The Morgan fingerprint density at radius 1 is 1.09 bits per heavy atom. The van der Waals surface area contributed by atoms with Crippen LogP contribution in [0, 0.1) is 0 Å². The molecule has 1 N–H and O–H groups in total. The summed E-state index contributed by atoms with van der Waals surface area (Å²) in [6, 6.07) is 13.5. The van der Waals surface area contributed by atoms with Gasteiger partial charge in [-0.3, -0.25) is 9.78 Å². The van der Waals surface area contributed by atoms with Crippen LogP contribution in [-0.4, -0.2) is 36.7 Å². The van der Waals surface area contributed by atoms with Gasteiger partial charge in [0, 0.05) is 30.6 Å². The van der Waals surface area contributed by atoms with Crippen molar-refractivity contribution in [3.8, 4) is 28.4 Å². The Morgan fingerprint density at radius 2 is 1.94 bits per heavy atom. The first-order valence-electron chi connectivity index (χ1n) is 10.8. The van der Waals surface area contributed by atoms with Crippen molar-refractivity contribution in [2.45, 2.75) is 31.4 Å². The fourth-order valence-electron chi connectivity index (χ4n) is 4.24. The number of nitrogens with zero attached hydrogens (tertiary/aromatic N) is 5. The number of carbonyl (C=O) groups is 1. The molecule has 4 aromatic rings. The Bertz CT molecular complexity index is 1380. The molecule has 0 radical (unpaired) electrons. The summed E-state index contributed by atoms with van der Waals surface area (Å²) in [4.78, 5) is 21.7. The van der Waals surface area contributed by atoms with Gasteiger partial charge in [-0.2, -0.15) is 0 Å². The second-order valence-corrected chi connectivity index (χ2v) is 8.27. The lowest BCUT2D eigenvalue weighted by molar-refractivity contribution is 0.0694. The number of fused-ring (bicyclic) bond motifs is 1. The SMILES string of the molecule is O=C1Nc2cccc(n2)-c2nncn2[C@H]2C[C@H](C2)Oc2ccc(-c3ccc(C(F)F)nc3)cc21. The first-order valence-corrected chi connectivity index (χ1v) is 10.8. The Hall–Kier alpha value is -4.21. The highest BCUT2D eigenvalue weighted by Crippen LogP contribution is 2.39. The first kappa shape index (κ1) is 20.4. The summed E-state index contributed by atoms with van der Waals surface area (Å²) in [5.41, 5.74) is 1.91. The van der Waals surface area contributed by atoms with E-state index in [1.165, 1.54) is 12.3 Å². The molecule has 10 heteroatoms. The molecule has 1 amide bonds. The van der Waals surface area contributed by atoms with Gasteiger partial charge in [0.15, 0.2) is 5.82 Å². The fraction of sp³-hybridized carbons (Fsp3) is 0.208. The zero-order valence-corrected chi connectivity index (χ0v) is 17.7. The van der Waals surface area contributed by atoms with E-state index in [4.69, 9.17) is 4.74 Å². The van der Waals surface area contributed by atoms with Crippen LogP contribution in [0.25, 0.3) is 22.6 Å². The van der Waals surface area contributed by atoms with Gasteiger partial charge in [0.25, 0.3) is 12.3 Å². The number of halogens is 2. The van der Waals surface area contributed by atoms with Crippen LogP contribution < -0.4 is 10.1 Å². The van der Waals surface area contributed by atoms with E-state index < -0.39 is 12.3 Å². The molecular formula is C24H18F2N6O2. The third kappa shape index (κ3) is 3.57. The molecule has 7 rings (SSSR count). The highest BCUT2D eigenvalue weighted by molar-refractivity contribution is 6.06. The van der Waals surface area contributed by atoms with Gasteiger partial charge in [0.2, 0.25) is 0 Å². The number of rotatable bonds is 2. The average Bonchev–Trinajstić information content (AvgIpc) is 3.30. The smallest absolute Gasteiger partial charge is 0.280 e. The van der Waals surface area contributed by atoms with Gasteiger partial charge in [0.05, 0.1) is 5.56 Å². The highest BCUT2D eigenvalue weighted by Gasteiger charge is 2.35. The van der Waals surface area contributed by atoms with Crippen LogP contribution in [0.2, 0.25) is 0 Å². The van der Waals surface area contributed by atoms with Crippen LogP contribution in [0.1, 0.15) is 41.4 Å². The molecule has 5 heterocycles. The predicted octanol–water partition coefficient (Wildman–Crippen LogP) is 4.69. The highest BCUT2D eigenvalue weighted by atomic mass is 19.3. The second-order valence-electron chi connectivity index (χ2n) is 8.27. The summed E-state index contributed by atoms with van der Waals surface area (Å²) in [5.74, 6) is 1.05. The van der Waals surface area contributed by atoms with Crippen molar-refractivity contribution >= 4 is 11.7 Å². The minimum Gasteiger partial charge on any atom is -0.489 e. The maximum Gasteiger partial charge on any atom is 0.280 e. The molecule has 34 heavy (non-hydrogen) atoms. The molecule has 1 aliphatic carbocycles. The van der Waals surface area contributed by atoms with Crippen LogP contribution in [0.3, 0.4) is 0 Å². The van der Waals surface area contributed by atoms with Crippen molar-refractivity contribution in [1.82, 2.24) is 24.7 Å². The van der Waals surface area contributed by atoms with Crippen molar-refractivity contribution < 1.29 is 18.3 Å². The monoisotopic (exact) mass is 460 g/mol. The molecule has 1 aromatic carbocycles. The fourth-order valence-corrected chi connectivity index (χ4v) is 4.24. The number of alkyl halides is 2. The third-order valence-electron chi connectivity index (χ3n) is 6.12. The number of pyridine rings is 2. The maximum absolute atomic E-state index is 13.3. The van der Waals surface area contributed by atoms with E-state index in [2.05, 4.69) is 25.5 Å². The molecule has 1 saturated carbocycles. The summed E-state index contributed by atoms with van der Waals surface area (Å²) in [6.07, 6.45) is 1.84. The third-order valence-corrected chi connectivity index (χ3v) is 6.12. The van der Waals surface area contributed by atoms with Gasteiger partial charge in [-0.25, -0.2) is 13.8 Å². The molecule has 0 unspecified atom stereocenters. The Morgan fingerprint density at radius 3 is 2.74 bits per heavy atom. The molecular weight excluding hydrogens is 442 g/mol. The predicted molar refractivity (Wildman–Crippen MR) is 119 cm³/mol. The van der Waals surface area contributed by atoms with Gasteiger partial charge < -0.3 is 14.6 Å². The molecule has 3 aromatic heterocycles. The van der Waals surface area contributed by atoms with Gasteiger partial charge in [-0.15, -0.1) is 10.2 Å². The van der Waals surface area contributed by atoms with Crippen LogP contribution >= 0.6 is 0 Å². The molecule has 1 fully saturated rings. The number of hydrogen-bond acceptors (Lipinski definition) is 6. The number of anilines is 1. The molecule has 170 valence electrons. The lowest BCUT2D eigenvalue weighted by atomic mass is 9.88. The minimum atomic E-state index is -2.64. The number of aromatic nitrogens is 5. The molecule has 2 aliphatic heterocycles. The summed E-state index contributed by atoms with van der Waals surface area (Å²) in [6.45, 7) is 0. The number of amides is 1. The Kier molecular flexibility index (Phi) is 4.79. The Labute approximate surface area is 192 Å². The normalized spacial score (nSPS) is 18.9. The minimum absolute atomic E-state index is 0.0681. The summed E-state index contributed by atoms with van der Waals surface area (Å²) < 4.78 is 33.9. The molecule has 4 bridgehead atoms. The standard InChI is InChI=1S/C24H18F2N6O2/c25-22(26)18-6-4-14(11-27-18)13-5-7-20-17(8-13)24(33)30-21-3-1-2-19(29-21)23-31-28-12-32(23)15-9-16(10-15)34-20/h1-8,11-12,15-16,22H,9-10H2,(H,29,30,33)/t15-,16+. The van der Waals surface area contributed by atoms with Crippen molar-refractivity contribution in [3.05, 3.63) is 72.3 Å². The van der Waals surface area contributed by atoms with Crippen LogP contribution in [0.4, 0.5) is 14.6 Å². The number of ether oxygens (including phenoxy) is 1. The van der Waals surface area contributed by atoms with E-state index in [9.17, 15) is 13.6 Å². The number of benzene rings is 1. The van der Waals surface area contributed by atoms with E-state index in [1.54, 1.807) is 42.7 Å². The summed E-state index contributed by atoms with van der Waals surface area (Å²) >= 11 is 0. The topological polar surface area (TPSA) is 94.8 Å². The molecule has 0 atom stereocenters. The number of nitrogens with one attached hydrogen (secondary N) is 1. The largest absolute Gasteiger partial charge is 0.489 e. The van der Waals surface area contributed by atoms with E-state index in [0.29, 0.717) is 39.8 Å². The van der Waals surface area contributed by atoms with Crippen molar-refractivity contribution in [2.24, 2.45) is 0 Å². The number of hydrogen-bond donors (Lipinski definition) is 1. The van der Waals surface area contributed by atoms with Gasteiger partial charge in [-0.1, -0.05) is 18.2 Å². The zero-order valence-electron chi connectivity index (χ0n) is 17.7. The summed E-state index contributed by atoms with van der Waals surface area (Å²) in [7, 11) is 0. The zero-order chi connectivity index (χ0) is 23.2. The van der Waals surface area contributed by atoms with Crippen LogP contribution in [0.5, 0.6) is 5.75 Å². The maximum atomic E-state index is 13.3. The molecule has 0 spiro atoms.